The summed E-state index contributed by atoms with van der Waals surface area (Å²) in [5, 5.41) is 3.06. The van der Waals surface area contributed by atoms with Crippen molar-refractivity contribution in [1.82, 2.24) is 4.90 Å². The molecule has 0 radical (unpaired) electrons. The van der Waals surface area contributed by atoms with E-state index in [2.05, 4.69) is 12.2 Å². The minimum atomic E-state index is -0.459. The van der Waals surface area contributed by atoms with E-state index in [1.165, 1.54) is 5.56 Å². The van der Waals surface area contributed by atoms with Gasteiger partial charge in [-0.1, -0.05) is 6.07 Å². The van der Waals surface area contributed by atoms with Gasteiger partial charge in [0.15, 0.2) is 11.5 Å². The normalized spacial score (nSPS) is 18.1. The van der Waals surface area contributed by atoms with E-state index in [1.54, 1.807) is 7.11 Å². The SMILES string of the molecule is COc1c2c(cc3c1C(C(=O)Nc1ccc(C)c(C)c1)N(C)CC3)OCO2. The number of amides is 1. The fraction of sp³-hybridized carbons (Fsp3) is 0.381. The summed E-state index contributed by atoms with van der Waals surface area (Å²) in [6, 6.07) is 7.46. The van der Waals surface area contributed by atoms with Gasteiger partial charge in [0.05, 0.1) is 7.11 Å². The van der Waals surface area contributed by atoms with Crippen molar-refractivity contribution < 1.29 is 19.0 Å². The molecule has 1 unspecified atom stereocenters. The van der Waals surface area contributed by atoms with Crippen molar-refractivity contribution >= 4 is 11.6 Å². The molecular formula is C21H24N2O4. The van der Waals surface area contributed by atoms with E-state index in [0.29, 0.717) is 17.2 Å². The molecule has 2 heterocycles. The van der Waals surface area contributed by atoms with Crippen LogP contribution in [0.3, 0.4) is 0 Å². The molecular weight excluding hydrogens is 344 g/mol. The molecule has 1 amide bonds. The zero-order valence-corrected chi connectivity index (χ0v) is 16.1. The Morgan fingerprint density at radius 2 is 2.04 bits per heavy atom. The Morgan fingerprint density at radius 1 is 1.22 bits per heavy atom. The van der Waals surface area contributed by atoms with Crippen LogP contribution in [0.1, 0.15) is 28.3 Å². The van der Waals surface area contributed by atoms with Crippen LogP contribution in [0, 0.1) is 13.8 Å². The predicted molar refractivity (Wildman–Crippen MR) is 103 cm³/mol. The second-order valence-corrected chi connectivity index (χ2v) is 7.14. The number of carbonyl (C=O) groups is 1. The number of aryl methyl sites for hydroxylation is 2. The van der Waals surface area contributed by atoms with E-state index in [1.807, 2.05) is 43.1 Å². The highest BCUT2D eigenvalue weighted by Gasteiger charge is 2.37. The van der Waals surface area contributed by atoms with Crippen LogP contribution in [-0.4, -0.2) is 38.3 Å². The lowest BCUT2D eigenvalue weighted by molar-refractivity contribution is -0.121. The average Bonchev–Trinajstić information content (AvgIpc) is 3.11. The van der Waals surface area contributed by atoms with Gasteiger partial charge in [0, 0.05) is 17.8 Å². The number of benzene rings is 2. The monoisotopic (exact) mass is 368 g/mol. The zero-order valence-electron chi connectivity index (χ0n) is 16.1. The van der Waals surface area contributed by atoms with Crippen LogP contribution in [-0.2, 0) is 11.2 Å². The number of hydrogen-bond donors (Lipinski definition) is 1. The summed E-state index contributed by atoms with van der Waals surface area (Å²) in [4.78, 5) is 15.3. The topological polar surface area (TPSA) is 60.0 Å². The van der Waals surface area contributed by atoms with Gasteiger partial charge in [-0.25, -0.2) is 0 Å². The van der Waals surface area contributed by atoms with Gasteiger partial charge in [0.1, 0.15) is 6.04 Å². The average molecular weight is 368 g/mol. The number of rotatable bonds is 3. The van der Waals surface area contributed by atoms with Crippen LogP contribution >= 0.6 is 0 Å². The maximum absolute atomic E-state index is 13.2. The van der Waals surface area contributed by atoms with Gasteiger partial charge in [-0.05, 0) is 62.2 Å². The molecule has 0 spiro atoms. The lowest BCUT2D eigenvalue weighted by Crippen LogP contribution is -2.40. The largest absolute Gasteiger partial charge is 0.492 e. The smallest absolute Gasteiger partial charge is 0.246 e. The highest BCUT2D eigenvalue weighted by Crippen LogP contribution is 2.49. The van der Waals surface area contributed by atoms with E-state index >= 15 is 0 Å². The fourth-order valence-corrected chi connectivity index (χ4v) is 3.79. The van der Waals surface area contributed by atoms with Crippen LogP contribution in [0.15, 0.2) is 24.3 Å². The third-order valence-corrected chi connectivity index (χ3v) is 5.42. The maximum atomic E-state index is 13.2. The van der Waals surface area contributed by atoms with Gasteiger partial charge in [-0.2, -0.15) is 0 Å². The lowest BCUT2D eigenvalue weighted by Gasteiger charge is -2.34. The van der Waals surface area contributed by atoms with Gasteiger partial charge in [-0.15, -0.1) is 0 Å². The van der Waals surface area contributed by atoms with Crippen LogP contribution in [0.5, 0.6) is 17.2 Å². The Kier molecular flexibility index (Phi) is 4.44. The second kappa shape index (κ2) is 6.78. The molecule has 0 aromatic heterocycles. The molecule has 2 aromatic rings. The first kappa shape index (κ1) is 17.7. The Bertz CT molecular complexity index is 910. The standard InChI is InChI=1S/C21H24N2O4/c1-12-5-6-15(9-13(12)2)22-21(24)18-17-14(7-8-23(18)3)10-16-19(20(17)25-4)27-11-26-16/h5-6,9-10,18H,7-8,11H2,1-4H3,(H,22,24). The second-order valence-electron chi connectivity index (χ2n) is 7.14. The van der Waals surface area contributed by atoms with Gasteiger partial charge >= 0.3 is 0 Å². The maximum Gasteiger partial charge on any atom is 0.246 e. The summed E-state index contributed by atoms with van der Waals surface area (Å²) >= 11 is 0. The molecule has 0 saturated carbocycles. The molecule has 1 atom stereocenters. The van der Waals surface area contributed by atoms with Crippen molar-refractivity contribution in [3.63, 3.8) is 0 Å². The zero-order chi connectivity index (χ0) is 19.1. The van der Waals surface area contributed by atoms with Crippen molar-refractivity contribution in [3.05, 3.63) is 46.5 Å². The number of fused-ring (bicyclic) bond motifs is 2. The molecule has 0 bridgehead atoms. The molecule has 0 aliphatic carbocycles. The first-order chi connectivity index (χ1) is 13.0. The Balaban J connectivity index is 1.73. The van der Waals surface area contributed by atoms with Crippen molar-refractivity contribution in [2.75, 3.05) is 32.8 Å². The molecule has 2 aliphatic heterocycles. The van der Waals surface area contributed by atoms with Crippen LogP contribution in [0.2, 0.25) is 0 Å². The number of carbonyl (C=O) groups excluding carboxylic acids is 1. The highest BCUT2D eigenvalue weighted by atomic mass is 16.7. The van der Waals surface area contributed by atoms with Crippen LogP contribution < -0.4 is 19.5 Å². The number of hydrogen-bond acceptors (Lipinski definition) is 5. The Morgan fingerprint density at radius 3 is 2.78 bits per heavy atom. The molecule has 6 heteroatoms. The van der Waals surface area contributed by atoms with Gasteiger partial charge in [-0.3, -0.25) is 9.69 Å². The molecule has 0 saturated heterocycles. The van der Waals surface area contributed by atoms with Crippen LogP contribution in [0.25, 0.3) is 0 Å². The summed E-state index contributed by atoms with van der Waals surface area (Å²) in [6.45, 7) is 5.04. The van der Waals surface area contributed by atoms with Crippen molar-refractivity contribution in [3.8, 4) is 17.2 Å². The van der Waals surface area contributed by atoms with Crippen molar-refractivity contribution in [2.24, 2.45) is 0 Å². The first-order valence-electron chi connectivity index (χ1n) is 9.07. The number of nitrogens with zero attached hydrogens (tertiary/aromatic N) is 1. The summed E-state index contributed by atoms with van der Waals surface area (Å²) in [5.74, 6) is 1.77. The Labute approximate surface area is 159 Å². The summed E-state index contributed by atoms with van der Waals surface area (Å²) < 4.78 is 16.8. The summed E-state index contributed by atoms with van der Waals surface area (Å²) in [5.41, 5.74) is 5.06. The van der Waals surface area contributed by atoms with E-state index < -0.39 is 6.04 Å². The number of ether oxygens (including phenoxy) is 3. The third kappa shape index (κ3) is 3.00. The molecule has 27 heavy (non-hydrogen) atoms. The van der Waals surface area contributed by atoms with Crippen LogP contribution in [0.4, 0.5) is 5.69 Å². The Hall–Kier alpha value is -2.73. The molecule has 4 rings (SSSR count). The van der Waals surface area contributed by atoms with E-state index in [9.17, 15) is 4.79 Å². The van der Waals surface area contributed by atoms with Gasteiger partial charge < -0.3 is 19.5 Å². The minimum absolute atomic E-state index is 0.0844. The van der Waals surface area contributed by atoms with Gasteiger partial charge in [0.25, 0.3) is 0 Å². The summed E-state index contributed by atoms with van der Waals surface area (Å²) in [6.07, 6.45) is 0.826. The molecule has 1 N–H and O–H groups in total. The summed E-state index contributed by atoms with van der Waals surface area (Å²) in [7, 11) is 3.56. The van der Waals surface area contributed by atoms with Crippen molar-refractivity contribution in [2.45, 2.75) is 26.3 Å². The number of nitrogens with one attached hydrogen (secondary N) is 1. The van der Waals surface area contributed by atoms with E-state index in [4.69, 9.17) is 14.2 Å². The molecule has 0 fully saturated rings. The molecule has 142 valence electrons. The van der Waals surface area contributed by atoms with E-state index in [0.717, 1.165) is 35.3 Å². The van der Waals surface area contributed by atoms with Crippen molar-refractivity contribution in [1.29, 1.82) is 0 Å². The third-order valence-electron chi connectivity index (χ3n) is 5.42. The first-order valence-corrected chi connectivity index (χ1v) is 9.07. The molecule has 6 nitrogen and oxygen atoms in total. The minimum Gasteiger partial charge on any atom is -0.492 e. The molecule has 2 aliphatic rings. The fourth-order valence-electron chi connectivity index (χ4n) is 3.79. The lowest BCUT2D eigenvalue weighted by atomic mass is 9.90. The number of anilines is 1. The van der Waals surface area contributed by atoms with Gasteiger partial charge in [0.2, 0.25) is 18.4 Å². The number of methoxy groups -OCH3 is 1. The number of likely N-dealkylation sites (N-methyl/N-ethyl adjacent to an activating group) is 1. The highest BCUT2D eigenvalue weighted by molar-refractivity contribution is 5.97. The van der Waals surface area contributed by atoms with E-state index in [-0.39, 0.29) is 12.7 Å². The predicted octanol–water partition coefficient (Wildman–Crippen LogP) is 3.21. The quantitative estimate of drug-likeness (QED) is 0.902. The molecule has 2 aromatic carbocycles.